The highest BCUT2D eigenvalue weighted by atomic mass is 32.1. The standard InChI is InChI=1S/C16H22N4S/c1-9-5-8-13(21-9)11(3)18-15-10(2)14(17-4)19-16(20-15)12-6-7-12/h5,8,11-12H,6-7H2,1-4H3,(H2,17,18,19,20). The number of anilines is 2. The van der Waals surface area contributed by atoms with Gasteiger partial charge in [0.2, 0.25) is 0 Å². The summed E-state index contributed by atoms with van der Waals surface area (Å²) in [4.78, 5) is 12.1. The van der Waals surface area contributed by atoms with E-state index in [4.69, 9.17) is 4.98 Å². The fourth-order valence-electron chi connectivity index (χ4n) is 2.40. The molecule has 0 spiro atoms. The maximum Gasteiger partial charge on any atom is 0.136 e. The Bertz CT molecular complexity index is 646. The highest BCUT2D eigenvalue weighted by Crippen LogP contribution is 2.40. The van der Waals surface area contributed by atoms with Crippen LogP contribution < -0.4 is 10.6 Å². The molecular formula is C16H22N4S. The molecule has 2 heterocycles. The molecule has 5 heteroatoms. The van der Waals surface area contributed by atoms with Gasteiger partial charge in [0.15, 0.2) is 0 Å². The van der Waals surface area contributed by atoms with Gasteiger partial charge in [0.05, 0.1) is 6.04 Å². The van der Waals surface area contributed by atoms with E-state index in [1.807, 2.05) is 18.4 Å². The van der Waals surface area contributed by atoms with Crippen molar-refractivity contribution in [3.05, 3.63) is 33.3 Å². The Labute approximate surface area is 130 Å². The number of hydrogen-bond acceptors (Lipinski definition) is 5. The fraction of sp³-hybridized carbons (Fsp3) is 0.500. The van der Waals surface area contributed by atoms with Crippen LogP contribution >= 0.6 is 11.3 Å². The van der Waals surface area contributed by atoms with Crippen LogP contribution in [0.25, 0.3) is 0 Å². The number of thiophene rings is 1. The Hall–Kier alpha value is -1.62. The van der Waals surface area contributed by atoms with Crippen molar-refractivity contribution in [3.63, 3.8) is 0 Å². The third-order valence-corrected chi connectivity index (χ3v) is 5.07. The quantitative estimate of drug-likeness (QED) is 0.867. The van der Waals surface area contributed by atoms with Crippen molar-refractivity contribution in [2.75, 3.05) is 17.7 Å². The Kier molecular flexibility index (Phi) is 3.85. The largest absolute Gasteiger partial charge is 0.373 e. The van der Waals surface area contributed by atoms with Gasteiger partial charge in [0, 0.05) is 28.3 Å². The molecule has 112 valence electrons. The number of rotatable bonds is 5. The SMILES string of the molecule is CNc1nc(C2CC2)nc(NC(C)c2ccc(C)s2)c1C. The van der Waals surface area contributed by atoms with Gasteiger partial charge in [-0.15, -0.1) is 11.3 Å². The third-order valence-electron chi connectivity index (χ3n) is 3.88. The summed E-state index contributed by atoms with van der Waals surface area (Å²) in [5, 5.41) is 6.74. The molecule has 1 atom stereocenters. The van der Waals surface area contributed by atoms with Crippen LogP contribution in [0.2, 0.25) is 0 Å². The van der Waals surface area contributed by atoms with Crippen LogP contribution in [-0.4, -0.2) is 17.0 Å². The molecule has 0 radical (unpaired) electrons. The topological polar surface area (TPSA) is 49.8 Å². The Morgan fingerprint density at radius 2 is 1.90 bits per heavy atom. The number of aromatic nitrogens is 2. The van der Waals surface area contributed by atoms with E-state index in [1.54, 1.807) is 0 Å². The van der Waals surface area contributed by atoms with Gasteiger partial charge >= 0.3 is 0 Å². The van der Waals surface area contributed by atoms with Crippen molar-refractivity contribution in [1.29, 1.82) is 0 Å². The molecule has 2 aromatic rings. The average molecular weight is 302 g/mol. The fourth-order valence-corrected chi connectivity index (χ4v) is 3.28. The molecule has 1 aliphatic carbocycles. The minimum Gasteiger partial charge on any atom is -0.373 e. The van der Waals surface area contributed by atoms with Gasteiger partial charge < -0.3 is 10.6 Å². The van der Waals surface area contributed by atoms with Crippen LogP contribution in [0.1, 0.15) is 52.9 Å². The summed E-state index contributed by atoms with van der Waals surface area (Å²) in [6.45, 7) is 6.39. The maximum atomic E-state index is 4.76. The summed E-state index contributed by atoms with van der Waals surface area (Å²) < 4.78 is 0. The molecule has 4 nitrogen and oxygen atoms in total. The van der Waals surface area contributed by atoms with Gasteiger partial charge in [-0.1, -0.05) is 0 Å². The van der Waals surface area contributed by atoms with Crippen LogP contribution in [0.4, 0.5) is 11.6 Å². The normalized spacial score (nSPS) is 15.8. The molecule has 1 aliphatic rings. The number of nitrogens with one attached hydrogen (secondary N) is 2. The van der Waals surface area contributed by atoms with E-state index in [0.717, 1.165) is 23.0 Å². The molecule has 3 rings (SSSR count). The summed E-state index contributed by atoms with van der Waals surface area (Å²) >= 11 is 1.83. The molecule has 1 saturated carbocycles. The average Bonchev–Trinajstić information content (AvgIpc) is 3.22. The van der Waals surface area contributed by atoms with Crippen LogP contribution in [0.3, 0.4) is 0 Å². The van der Waals surface area contributed by atoms with Gasteiger partial charge in [0.1, 0.15) is 17.5 Å². The van der Waals surface area contributed by atoms with E-state index in [-0.39, 0.29) is 6.04 Å². The second-order valence-corrected chi connectivity index (χ2v) is 7.06. The van der Waals surface area contributed by atoms with Crippen LogP contribution in [0, 0.1) is 13.8 Å². The lowest BCUT2D eigenvalue weighted by Gasteiger charge is -2.17. The van der Waals surface area contributed by atoms with Gasteiger partial charge in [-0.3, -0.25) is 0 Å². The molecule has 0 aromatic carbocycles. The zero-order valence-electron chi connectivity index (χ0n) is 13.0. The number of nitrogens with zero attached hydrogens (tertiary/aromatic N) is 2. The molecule has 0 aliphatic heterocycles. The lowest BCUT2D eigenvalue weighted by molar-refractivity contribution is 0.863. The predicted molar refractivity (Wildman–Crippen MR) is 89.4 cm³/mol. The van der Waals surface area contributed by atoms with Crippen molar-refractivity contribution in [2.24, 2.45) is 0 Å². The van der Waals surface area contributed by atoms with Crippen LogP contribution in [-0.2, 0) is 0 Å². The van der Waals surface area contributed by atoms with E-state index in [1.165, 1.54) is 22.6 Å². The first kappa shape index (κ1) is 14.3. The van der Waals surface area contributed by atoms with E-state index in [0.29, 0.717) is 5.92 Å². The third kappa shape index (κ3) is 3.02. The first-order chi connectivity index (χ1) is 10.1. The number of hydrogen-bond donors (Lipinski definition) is 2. The first-order valence-corrected chi connectivity index (χ1v) is 8.29. The van der Waals surface area contributed by atoms with Crippen LogP contribution in [0.5, 0.6) is 0 Å². The van der Waals surface area contributed by atoms with Crippen LogP contribution in [0.15, 0.2) is 12.1 Å². The van der Waals surface area contributed by atoms with E-state index in [2.05, 4.69) is 48.5 Å². The Morgan fingerprint density at radius 1 is 1.19 bits per heavy atom. The van der Waals surface area contributed by atoms with Crippen molar-refractivity contribution in [2.45, 2.75) is 45.6 Å². The zero-order valence-corrected chi connectivity index (χ0v) is 13.8. The van der Waals surface area contributed by atoms with Gasteiger partial charge in [-0.05, 0) is 45.7 Å². The summed E-state index contributed by atoms with van der Waals surface area (Å²) in [7, 11) is 1.92. The van der Waals surface area contributed by atoms with Gasteiger partial charge in [-0.2, -0.15) is 0 Å². The summed E-state index contributed by atoms with van der Waals surface area (Å²) in [5.74, 6) is 3.42. The van der Waals surface area contributed by atoms with E-state index < -0.39 is 0 Å². The second-order valence-electron chi connectivity index (χ2n) is 5.74. The summed E-state index contributed by atoms with van der Waals surface area (Å²) in [6.07, 6.45) is 2.43. The molecule has 2 N–H and O–H groups in total. The molecule has 1 unspecified atom stereocenters. The molecule has 0 bridgehead atoms. The zero-order chi connectivity index (χ0) is 15.0. The van der Waals surface area contributed by atoms with Crippen molar-refractivity contribution in [3.8, 4) is 0 Å². The summed E-state index contributed by atoms with van der Waals surface area (Å²) in [5.41, 5.74) is 1.09. The number of aryl methyl sites for hydroxylation is 1. The minimum absolute atomic E-state index is 0.258. The molecule has 0 saturated heterocycles. The highest BCUT2D eigenvalue weighted by molar-refractivity contribution is 7.12. The molecule has 2 aromatic heterocycles. The first-order valence-electron chi connectivity index (χ1n) is 7.47. The van der Waals surface area contributed by atoms with E-state index >= 15 is 0 Å². The van der Waals surface area contributed by atoms with Gasteiger partial charge in [-0.25, -0.2) is 9.97 Å². The van der Waals surface area contributed by atoms with Crippen molar-refractivity contribution in [1.82, 2.24) is 9.97 Å². The maximum absolute atomic E-state index is 4.76. The van der Waals surface area contributed by atoms with Gasteiger partial charge in [0.25, 0.3) is 0 Å². The molecule has 21 heavy (non-hydrogen) atoms. The smallest absolute Gasteiger partial charge is 0.136 e. The van der Waals surface area contributed by atoms with Crippen molar-refractivity contribution >= 4 is 23.0 Å². The monoisotopic (exact) mass is 302 g/mol. The summed E-state index contributed by atoms with van der Waals surface area (Å²) in [6, 6.07) is 4.61. The Morgan fingerprint density at radius 3 is 2.48 bits per heavy atom. The lowest BCUT2D eigenvalue weighted by atomic mass is 10.2. The molecule has 1 fully saturated rings. The van der Waals surface area contributed by atoms with E-state index in [9.17, 15) is 0 Å². The predicted octanol–water partition coefficient (Wildman–Crippen LogP) is 4.25. The minimum atomic E-state index is 0.258. The highest BCUT2D eigenvalue weighted by Gasteiger charge is 2.28. The second kappa shape index (κ2) is 5.64. The molecule has 0 amide bonds. The molecular weight excluding hydrogens is 280 g/mol. The Balaban J connectivity index is 1.88. The lowest BCUT2D eigenvalue weighted by Crippen LogP contribution is -2.12. The van der Waals surface area contributed by atoms with Crippen molar-refractivity contribution < 1.29 is 0 Å².